The lowest BCUT2D eigenvalue weighted by atomic mass is 9.99. The van der Waals surface area contributed by atoms with Crippen LogP contribution in [-0.4, -0.2) is 19.5 Å². The van der Waals surface area contributed by atoms with Crippen LogP contribution in [-0.2, 0) is 0 Å². The Morgan fingerprint density at radius 3 is 1.89 bits per heavy atom. The molecule has 0 aliphatic carbocycles. The SMILES string of the molecule is c1ccc(-c2nc(-c3ccc4c(c3)sc3ccccc34)nc(-c3cccc4oc5c(-n6c7ccccc7c7c(-c8ccccc8)cccc76)cccc5c34)n2)cc1. The van der Waals surface area contributed by atoms with E-state index >= 15 is 0 Å². The summed E-state index contributed by atoms with van der Waals surface area (Å²) in [6, 6.07) is 63.7. The normalized spacial score (nSPS) is 11.9. The van der Waals surface area contributed by atoms with E-state index in [0.717, 1.165) is 55.3 Å². The van der Waals surface area contributed by atoms with Crippen LogP contribution in [0.4, 0.5) is 0 Å². The van der Waals surface area contributed by atoms with Crippen molar-refractivity contribution in [2.45, 2.75) is 0 Å². The molecule has 0 spiro atoms. The van der Waals surface area contributed by atoms with E-state index in [2.05, 4.69) is 144 Å². The summed E-state index contributed by atoms with van der Waals surface area (Å²) in [7, 11) is 0. The number of aromatic nitrogens is 4. The second-order valence-electron chi connectivity index (χ2n) is 14.3. The highest BCUT2D eigenvalue weighted by Gasteiger charge is 2.22. The first-order valence-corrected chi connectivity index (χ1v) is 19.8. The van der Waals surface area contributed by atoms with Crippen molar-refractivity contribution >= 4 is 75.3 Å². The Bertz CT molecular complexity index is 3530. The third kappa shape index (κ3) is 4.98. The minimum absolute atomic E-state index is 0.596. The van der Waals surface area contributed by atoms with Gasteiger partial charge in [-0.1, -0.05) is 146 Å². The number of nitrogens with zero attached hydrogens (tertiary/aromatic N) is 4. The van der Waals surface area contributed by atoms with Crippen LogP contribution in [0.1, 0.15) is 0 Å². The third-order valence-corrected chi connectivity index (χ3v) is 12.2. The molecular formula is C51H30N4OS. The van der Waals surface area contributed by atoms with Gasteiger partial charge in [-0.25, -0.2) is 15.0 Å². The molecule has 57 heavy (non-hydrogen) atoms. The zero-order valence-electron chi connectivity index (χ0n) is 30.4. The maximum Gasteiger partial charge on any atom is 0.164 e. The molecule has 0 radical (unpaired) electrons. The van der Waals surface area contributed by atoms with E-state index in [1.54, 1.807) is 11.3 Å². The smallest absolute Gasteiger partial charge is 0.164 e. The molecule has 266 valence electrons. The van der Waals surface area contributed by atoms with E-state index in [1.165, 1.54) is 42.1 Å². The number of hydrogen-bond acceptors (Lipinski definition) is 5. The van der Waals surface area contributed by atoms with Crippen LogP contribution < -0.4 is 0 Å². The van der Waals surface area contributed by atoms with Gasteiger partial charge >= 0.3 is 0 Å². The number of rotatable bonds is 5. The summed E-state index contributed by atoms with van der Waals surface area (Å²) < 4.78 is 11.7. The molecular weight excluding hydrogens is 717 g/mol. The van der Waals surface area contributed by atoms with Crippen LogP contribution in [0, 0.1) is 0 Å². The summed E-state index contributed by atoms with van der Waals surface area (Å²) in [5, 5.41) is 6.88. The second kappa shape index (κ2) is 12.6. The Morgan fingerprint density at radius 1 is 0.404 bits per heavy atom. The zero-order chi connectivity index (χ0) is 37.5. The van der Waals surface area contributed by atoms with Gasteiger partial charge in [-0.2, -0.15) is 0 Å². The van der Waals surface area contributed by atoms with Crippen LogP contribution in [0.2, 0.25) is 0 Å². The molecule has 0 amide bonds. The van der Waals surface area contributed by atoms with Gasteiger partial charge < -0.3 is 8.98 Å². The fourth-order valence-electron chi connectivity index (χ4n) is 8.54. The van der Waals surface area contributed by atoms with Gasteiger partial charge in [-0.3, -0.25) is 0 Å². The monoisotopic (exact) mass is 746 g/mol. The second-order valence-corrected chi connectivity index (χ2v) is 15.4. The minimum atomic E-state index is 0.596. The molecule has 0 atom stereocenters. The fourth-order valence-corrected chi connectivity index (χ4v) is 9.68. The lowest BCUT2D eigenvalue weighted by molar-refractivity contribution is 0.666. The van der Waals surface area contributed by atoms with E-state index in [9.17, 15) is 0 Å². The van der Waals surface area contributed by atoms with Crippen LogP contribution in [0.15, 0.2) is 186 Å². The highest BCUT2D eigenvalue weighted by molar-refractivity contribution is 7.25. The van der Waals surface area contributed by atoms with Crippen LogP contribution in [0.5, 0.6) is 0 Å². The quantitative estimate of drug-likeness (QED) is 0.176. The maximum absolute atomic E-state index is 6.90. The largest absolute Gasteiger partial charge is 0.454 e. The molecule has 0 aliphatic rings. The van der Waals surface area contributed by atoms with E-state index in [4.69, 9.17) is 19.4 Å². The van der Waals surface area contributed by atoms with Gasteiger partial charge in [0, 0.05) is 58.4 Å². The zero-order valence-corrected chi connectivity index (χ0v) is 31.2. The van der Waals surface area contributed by atoms with Crippen molar-refractivity contribution in [3.63, 3.8) is 0 Å². The maximum atomic E-state index is 6.90. The summed E-state index contributed by atoms with van der Waals surface area (Å²) in [5.74, 6) is 1.85. The summed E-state index contributed by atoms with van der Waals surface area (Å²) >= 11 is 1.79. The van der Waals surface area contributed by atoms with Gasteiger partial charge in [0.1, 0.15) is 5.58 Å². The number of thiophene rings is 1. The van der Waals surface area contributed by atoms with Crippen molar-refractivity contribution in [3.8, 4) is 51.0 Å². The van der Waals surface area contributed by atoms with Crippen molar-refractivity contribution in [1.29, 1.82) is 0 Å². The van der Waals surface area contributed by atoms with Gasteiger partial charge in [0.25, 0.3) is 0 Å². The molecule has 0 saturated carbocycles. The number of para-hydroxylation sites is 2. The molecule has 0 saturated heterocycles. The van der Waals surface area contributed by atoms with Gasteiger partial charge in [0.2, 0.25) is 0 Å². The number of fused-ring (bicyclic) bond motifs is 9. The molecule has 0 aliphatic heterocycles. The molecule has 8 aromatic carbocycles. The van der Waals surface area contributed by atoms with E-state index in [0.29, 0.717) is 17.5 Å². The Kier molecular flexibility index (Phi) is 7.03. The highest BCUT2D eigenvalue weighted by atomic mass is 32.1. The van der Waals surface area contributed by atoms with Crippen molar-refractivity contribution in [1.82, 2.24) is 19.5 Å². The molecule has 0 bridgehead atoms. The molecule has 0 N–H and O–H groups in total. The molecule has 6 heteroatoms. The van der Waals surface area contributed by atoms with Gasteiger partial charge in [0.15, 0.2) is 23.1 Å². The lowest BCUT2D eigenvalue weighted by Crippen LogP contribution is -2.00. The number of hydrogen-bond donors (Lipinski definition) is 0. The summed E-state index contributed by atoms with van der Waals surface area (Å²) in [6.45, 7) is 0. The molecule has 12 aromatic rings. The predicted molar refractivity (Wildman–Crippen MR) is 236 cm³/mol. The average molecular weight is 747 g/mol. The first-order chi connectivity index (χ1) is 28.3. The Morgan fingerprint density at radius 2 is 1.04 bits per heavy atom. The Balaban J connectivity index is 1.09. The van der Waals surface area contributed by atoms with E-state index in [1.807, 2.05) is 42.5 Å². The molecule has 5 nitrogen and oxygen atoms in total. The van der Waals surface area contributed by atoms with Gasteiger partial charge in [-0.15, -0.1) is 11.3 Å². The first-order valence-electron chi connectivity index (χ1n) is 19.0. The molecule has 4 aromatic heterocycles. The molecule has 12 rings (SSSR count). The molecule has 4 heterocycles. The summed E-state index contributed by atoms with van der Waals surface area (Å²) in [6.07, 6.45) is 0. The van der Waals surface area contributed by atoms with E-state index in [-0.39, 0.29) is 0 Å². The summed E-state index contributed by atoms with van der Waals surface area (Å²) in [4.78, 5) is 15.5. The predicted octanol–water partition coefficient (Wildman–Crippen LogP) is 13.9. The molecule has 0 unspecified atom stereocenters. The van der Waals surface area contributed by atoms with E-state index < -0.39 is 0 Å². The fraction of sp³-hybridized carbons (Fsp3) is 0. The van der Waals surface area contributed by atoms with Crippen molar-refractivity contribution in [3.05, 3.63) is 182 Å². The van der Waals surface area contributed by atoms with Crippen molar-refractivity contribution in [2.75, 3.05) is 0 Å². The van der Waals surface area contributed by atoms with Crippen LogP contribution in [0.3, 0.4) is 0 Å². The summed E-state index contributed by atoms with van der Waals surface area (Å²) in [5.41, 5.74) is 9.95. The average Bonchev–Trinajstić information content (AvgIpc) is 3.96. The third-order valence-electron chi connectivity index (χ3n) is 11.1. The topological polar surface area (TPSA) is 56.7 Å². The minimum Gasteiger partial charge on any atom is -0.454 e. The highest BCUT2D eigenvalue weighted by Crippen LogP contribution is 2.43. The van der Waals surface area contributed by atoms with Crippen LogP contribution >= 0.6 is 11.3 Å². The standard InChI is InChI=1S/C51H30N4OS/c1-3-14-31(15-4-1)34-20-11-24-41-46(34)37-19-7-9-23-40(37)55(41)42-25-12-21-38-47-39(22-13-26-43(47)56-48(38)42)51-53-49(32-16-5-2-6-17-32)52-50(54-51)33-28-29-36-35-18-8-10-27-44(35)57-45(36)30-33/h1-30H. The van der Waals surface area contributed by atoms with Crippen molar-refractivity contribution in [2.24, 2.45) is 0 Å². The van der Waals surface area contributed by atoms with Crippen molar-refractivity contribution < 1.29 is 4.42 Å². The lowest BCUT2D eigenvalue weighted by Gasteiger charge is -2.10. The van der Waals surface area contributed by atoms with Gasteiger partial charge in [0.05, 0.1) is 16.7 Å². The molecule has 0 fully saturated rings. The Hall–Kier alpha value is -7.41. The number of furan rings is 1. The Labute approximate surface area is 330 Å². The van der Waals surface area contributed by atoms with Crippen LogP contribution in [0.25, 0.3) is 115 Å². The first kappa shape index (κ1) is 31.9. The van der Waals surface area contributed by atoms with Gasteiger partial charge in [-0.05, 0) is 47.5 Å². The number of benzene rings is 8.